The van der Waals surface area contributed by atoms with Gasteiger partial charge in [-0.3, -0.25) is 4.79 Å². The highest BCUT2D eigenvalue weighted by Crippen LogP contribution is 2.20. The van der Waals surface area contributed by atoms with Gasteiger partial charge >= 0.3 is 0 Å². The van der Waals surface area contributed by atoms with Gasteiger partial charge in [0.2, 0.25) is 5.91 Å². The largest absolute Gasteiger partial charge is 0.379 e. The molecule has 1 amide bonds. The summed E-state index contributed by atoms with van der Waals surface area (Å²) < 4.78 is 11.3. The summed E-state index contributed by atoms with van der Waals surface area (Å²) in [6.45, 7) is 7.14. The number of carbonyl (C=O) groups is 1. The lowest BCUT2D eigenvalue weighted by atomic mass is 10.1. The molecule has 1 atom stereocenters. The van der Waals surface area contributed by atoms with Crippen molar-refractivity contribution in [3.8, 4) is 0 Å². The molecule has 0 saturated carbocycles. The fourth-order valence-corrected chi connectivity index (χ4v) is 2.73. The zero-order chi connectivity index (χ0) is 13.7. The van der Waals surface area contributed by atoms with Gasteiger partial charge in [-0.1, -0.05) is 13.0 Å². The third-order valence-electron chi connectivity index (χ3n) is 3.85. The average molecular weight is 267 g/mol. The lowest BCUT2D eigenvalue weighted by molar-refractivity contribution is -0.130. The summed E-state index contributed by atoms with van der Waals surface area (Å²) in [6.07, 6.45) is 6.39. The summed E-state index contributed by atoms with van der Waals surface area (Å²) in [5.41, 5.74) is 0.867. The van der Waals surface area contributed by atoms with Crippen LogP contribution >= 0.6 is 0 Å². The van der Waals surface area contributed by atoms with Crippen molar-refractivity contribution in [1.82, 2.24) is 4.90 Å². The molecule has 2 saturated heterocycles. The van der Waals surface area contributed by atoms with Crippen LogP contribution in [0.2, 0.25) is 0 Å². The Morgan fingerprint density at radius 3 is 2.63 bits per heavy atom. The predicted octanol–water partition coefficient (Wildman–Crippen LogP) is 2.14. The molecule has 0 spiro atoms. The van der Waals surface area contributed by atoms with E-state index in [1.165, 1.54) is 0 Å². The zero-order valence-electron chi connectivity index (χ0n) is 12.1. The monoisotopic (exact) mass is 267 g/mol. The molecule has 2 fully saturated rings. The van der Waals surface area contributed by atoms with E-state index in [4.69, 9.17) is 9.47 Å². The highest BCUT2D eigenvalue weighted by atomic mass is 16.5. The molecule has 0 aliphatic carbocycles. The van der Waals surface area contributed by atoms with E-state index < -0.39 is 0 Å². The molecule has 108 valence electrons. The number of likely N-dealkylation sites (tertiary alicyclic amines) is 1. The van der Waals surface area contributed by atoms with Crippen LogP contribution in [0.4, 0.5) is 0 Å². The van der Waals surface area contributed by atoms with E-state index in [0.29, 0.717) is 6.10 Å². The second-order valence-corrected chi connectivity index (χ2v) is 5.41. The van der Waals surface area contributed by atoms with Crippen molar-refractivity contribution < 1.29 is 14.3 Å². The van der Waals surface area contributed by atoms with E-state index >= 15 is 0 Å². The molecule has 4 nitrogen and oxygen atoms in total. The molecule has 0 N–H and O–H groups in total. The highest BCUT2D eigenvalue weighted by Gasteiger charge is 2.27. The third kappa shape index (κ3) is 4.05. The first-order valence-electron chi connectivity index (χ1n) is 7.40. The maximum absolute atomic E-state index is 12.1. The van der Waals surface area contributed by atoms with Gasteiger partial charge in [-0.05, 0) is 32.6 Å². The van der Waals surface area contributed by atoms with Crippen molar-refractivity contribution in [3.05, 3.63) is 11.6 Å². The van der Waals surface area contributed by atoms with Gasteiger partial charge in [-0.15, -0.1) is 0 Å². The molecule has 1 unspecified atom stereocenters. The van der Waals surface area contributed by atoms with E-state index in [1.54, 1.807) is 0 Å². The van der Waals surface area contributed by atoms with Gasteiger partial charge in [-0.2, -0.15) is 0 Å². The summed E-state index contributed by atoms with van der Waals surface area (Å²) in [6, 6.07) is 0. The molecule has 0 aromatic carbocycles. The molecule has 0 radical (unpaired) electrons. The van der Waals surface area contributed by atoms with Crippen LogP contribution in [0.15, 0.2) is 11.6 Å². The Hall–Kier alpha value is -0.870. The van der Waals surface area contributed by atoms with Gasteiger partial charge in [0.15, 0.2) is 0 Å². The molecule has 2 aliphatic heterocycles. The maximum Gasteiger partial charge on any atom is 0.249 e. The number of rotatable bonds is 4. The van der Waals surface area contributed by atoms with E-state index in [9.17, 15) is 4.79 Å². The Morgan fingerprint density at radius 2 is 2.05 bits per heavy atom. The molecule has 0 aromatic heterocycles. The van der Waals surface area contributed by atoms with Crippen molar-refractivity contribution in [2.45, 2.75) is 51.7 Å². The first-order chi connectivity index (χ1) is 9.20. The van der Waals surface area contributed by atoms with E-state index in [2.05, 4.69) is 6.92 Å². The van der Waals surface area contributed by atoms with Crippen molar-refractivity contribution in [2.75, 3.05) is 26.3 Å². The van der Waals surface area contributed by atoms with Crippen molar-refractivity contribution in [3.63, 3.8) is 0 Å². The number of hydrogen-bond donors (Lipinski definition) is 0. The molecular weight excluding hydrogens is 242 g/mol. The van der Waals surface area contributed by atoms with Crippen molar-refractivity contribution in [1.29, 1.82) is 0 Å². The minimum atomic E-state index is 0.185. The fourth-order valence-electron chi connectivity index (χ4n) is 2.73. The number of piperidine rings is 1. The van der Waals surface area contributed by atoms with E-state index in [-0.39, 0.29) is 12.0 Å². The zero-order valence-corrected chi connectivity index (χ0v) is 12.1. The smallest absolute Gasteiger partial charge is 0.249 e. The van der Waals surface area contributed by atoms with Gasteiger partial charge in [-0.25, -0.2) is 0 Å². The van der Waals surface area contributed by atoms with Crippen molar-refractivity contribution in [2.24, 2.45) is 0 Å². The quantitative estimate of drug-likeness (QED) is 0.733. The standard InChI is InChI=1S/C15H25NO3/c1-3-4-12(2)15(17)16-8-5-13(6-9-16)19-14-7-10-18-11-14/h4,13-14H,3,5-11H2,1-2H3. The minimum absolute atomic E-state index is 0.185. The van der Waals surface area contributed by atoms with Gasteiger partial charge in [0.05, 0.1) is 18.8 Å². The molecule has 0 bridgehead atoms. The Bertz CT molecular complexity index is 326. The summed E-state index contributed by atoms with van der Waals surface area (Å²) in [4.78, 5) is 14.1. The van der Waals surface area contributed by atoms with E-state index in [0.717, 1.165) is 57.6 Å². The highest BCUT2D eigenvalue weighted by molar-refractivity contribution is 5.92. The summed E-state index contributed by atoms with van der Waals surface area (Å²) in [5, 5.41) is 0. The summed E-state index contributed by atoms with van der Waals surface area (Å²) in [7, 11) is 0. The minimum Gasteiger partial charge on any atom is -0.379 e. The van der Waals surface area contributed by atoms with Crippen LogP contribution in [0.25, 0.3) is 0 Å². The molecule has 2 rings (SSSR count). The van der Waals surface area contributed by atoms with Gasteiger partial charge in [0.1, 0.15) is 0 Å². The number of nitrogens with zero attached hydrogens (tertiary/aromatic N) is 1. The third-order valence-corrected chi connectivity index (χ3v) is 3.85. The SMILES string of the molecule is CCC=C(C)C(=O)N1CCC(OC2CCOC2)CC1. The molecular formula is C15H25NO3. The number of ether oxygens (including phenoxy) is 2. The molecule has 19 heavy (non-hydrogen) atoms. The Balaban J connectivity index is 1.75. The van der Waals surface area contributed by atoms with E-state index in [1.807, 2.05) is 17.9 Å². The van der Waals surface area contributed by atoms with Crippen LogP contribution in [-0.4, -0.2) is 49.3 Å². The summed E-state index contributed by atoms with van der Waals surface area (Å²) >= 11 is 0. The predicted molar refractivity (Wildman–Crippen MR) is 74.0 cm³/mol. The first-order valence-corrected chi connectivity index (χ1v) is 7.40. The molecule has 2 heterocycles. The average Bonchev–Trinajstić information content (AvgIpc) is 2.92. The lowest BCUT2D eigenvalue weighted by Gasteiger charge is -2.33. The second kappa shape index (κ2) is 7.06. The van der Waals surface area contributed by atoms with Crippen LogP contribution in [0.1, 0.15) is 39.5 Å². The van der Waals surface area contributed by atoms with Crippen LogP contribution in [0, 0.1) is 0 Å². The maximum atomic E-state index is 12.1. The Labute approximate surface area is 115 Å². The first kappa shape index (κ1) is 14.5. The number of hydrogen-bond acceptors (Lipinski definition) is 3. The lowest BCUT2D eigenvalue weighted by Crippen LogP contribution is -2.42. The van der Waals surface area contributed by atoms with Gasteiger partial charge in [0, 0.05) is 25.3 Å². The summed E-state index contributed by atoms with van der Waals surface area (Å²) in [5.74, 6) is 0.185. The van der Waals surface area contributed by atoms with Crippen molar-refractivity contribution >= 4 is 5.91 Å². The van der Waals surface area contributed by atoms with Gasteiger partial charge < -0.3 is 14.4 Å². The molecule has 4 heteroatoms. The Morgan fingerprint density at radius 1 is 1.32 bits per heavy atom. The van der Waals surface area contributed by atoms with Crippen LogP contribution in [0.5, 0.6) is 0 Å². The normalized spacial score (nSPS) is 25.9. The van der Waals surface area contributed by atoms with Crippen LogP contribution in [-0.2, 0) is 14.3 Å². The molecule has 0 aromatic rings. The number of carbonyl (C=O) groups excluding carboxylic acids is 1. The second-order valence-electron chi connectivity index (χ2n) is 5.41. The Kier molecular flexibility index (Phi) is 5.40. The topological polar surface area (TPSA) is 38.8 Å². The fraction of sp³-hybridized carbons (Fsp3) is 0.800. The number of allylic oxidation sites excluding steroid dienone is 1. The molecule has 2 aliphatic rings. The van der Waals surface area contributed by atoms with Crippen LogP contribution < -0.4 is 0 Å². The van der Waals surface area contributed by atoms with Gasteiger partial charge in [0.25, 0.3) is 0 Å². The number of amides is 1. The van der Waals surface area contributed by atoms with Crippen LogP contribution in [0.3, 0.4) is 0 Å².